The second kappa shape index (κ2) is 4.04. The van der Waals surface area contributed by atoms with Crippen molar-refractivity contribution in [1.29, 1.82) is 0 Å². The van der Waals surface area contributed by atoms with Gasteiger partial charge in [-0.15, -0.1) is 0 Å². The van der Waals surface area contributed by atoms with Crippen molar-refractivity contribution in [3.05, 3.63) is 24.3 Å². The number of hydrogen-bond donors (Lipinski definition) is 1. The number of rotatable bonds is 2. The molecular formula is C6H6ClHgNO2S. The average molecular weight is 392 g/mol. The molecule has 0 aliphatic heterocycles. The molecule has 0 aliphatic carbocycles. The molecule has 6 heteroatoms. The van der Waals surface area contributed by atoms with Crippen LogP contribution in [0.15, 0.2) is 29.2 Å². The first-order valence-corrected chi connectivity index (χ1v) is 14.3. The molecule has 1 aromatic carbocycles. The fourth-order valence-electron chi connectivity index (χ4n) is 0.768. The SMILES string of the molecule is NS(=O)(=O)c1cc[c]([Hg][Cl])cc1. The van der Waals surface area contributed by atoms with Crippen LogP contribution >= 0.6 is 8.25 Å². The normalized spacial score (nSPS) is 10.8. The topological polar surface area (TPSA) is 60.2 Å². The zero-order chi connectivity index (χ0) is 9.19. The summed E-state index contributed by atoms with van der Waals surface area (Å²) in [5.41, 5.74) is 0. The van der Waals surface area contributed by atoms with E-state index in [-0.39, 0.29) is 4.90 Å². The van der Waals surface area contributed by atoms with E-state index in [2.05, 4.69) is 0 Å². The predicted molar refractivity (Wildman–Crippen MR) is 43.3 cm³/mol. The van der Waals surface area contributed by atoms with E-state index >= 15 is 0 Å². The van der Waals surface area contributed by atoms with E-state index in [0.717, 1.165) is 3.07 Å². The maximum absolute atomic E-state index is 10.8. The van der Waals surface area contributed by atoms with Crippen LogP contribution in [0.2, 0.25) is 0 Å². The van der Waals surface area contributed by atoms with Gasteiger partial charge in [0.2, 0.25) is 0 Å². The number of hydrogen-bond acceptors (Lipinski definition) is 2. The third-order valence-corrected chi connectivity index (χ3v) is 8.08. The van der Waals surface area contributed by atoms with E-state index in [1.807, 2.05) is 0 Å². The Morgan fingerprint density at radius 2 is 1.75 bits per heavy atom. The average Bonchev–Trinajstić information content (AvgIpc) is 2.03. The van der Waals surface area contributed by atoms with Gasteiger partial charge in [0.1, 0.15) is 0 Å². The van der Waals surface area contributed by atoms with Gasteiger partial charge in [-0.05, 0) is 0 Å². The molecule has 2 N–H and O–H groups in total. The second-order valence-electron chi connectivity index (χ2n) is 2.32. The summed E-state index contributed by atoms with van der Waals surface area (Å²) in [4.78, 5) is 0.143. The van der Waals surface area contributed by atoms with Crippen LogP contribution in [0.4, 0.5) is 0 Å². The summed E-state index contributed by atoms with van der Waals surface area (Å²) in [6.45, 7) is 0. The molecule has 1 rings (SSSR count). The van der Waals surface area contributed by atoms with Gasteiger partial charge in [-0.25, -0.2) is 0 Å². The van der Waals surface area contributed by atoms with Crippen molar-refractivity contribution in [3.63, 3.8) is 0 Å². The second-order valence-corrected chi connectivity index (χ2v) is 10.4. The van der Waals surface area contributed by atoms with Gasteiger partial charge in [-0.2, -0.15) is 0 Å². The van der Waals surface area contributed by atoms with Gasteiger partial charge in [-0.3, -0.25) is 0 Å². The van der Waals surface area contributed by atoms with Gasteiger partial charge >= 0.3 is 87.4 Å². The number of halogens is 1. The van der Waals surface area contributed by atoms with Crippen LogP contribution in [0.3, 0.4) is 0 Å². The van der Waals surface area contributed by atoms with E-state index in [1.165, 1.54) is 12.1 Å². The number of primary sulfonamides is 1. The minimum atomic E-state index is -3.55. The fourth-order valence-corrected chi connectivity index (χ4v) is 4.46. The third-order valence-electron chi connectivity index (χ3n) is 1.41. The third kappa shape index (κ3) is 2.69. The number of benzene rings is 1. The van der Waals surface area contributed by atoms with E-state index < -0.39 is 33.4 Å². The molecule has 0 radical (unpaired) electrons. The zero-order valence-corrected chi connectivity index (χ0v) is 13.3. The Morgan fingerprint density at radius 1 is 1.25 bits per heavy atom. The summed E-state index contributed by atoms with van der Waals surface area (Å²) < 4.78 is 22.7. The first-order valence-electron chi connectivity index (χ1n) is 3.22. The van der Waals surface area contributed by atoms with Crippen molar-refractivity contribution in [2.75, 3.05) is 0 Å². The molecule has 0 heterocycles. The summed E-state index contributed by atoms with van der Waals surface area (Å²) in [5, 5.41) is 4.91. The quantitative estimate of drug-likeness (QED) is 0.731. The molecule has 3 nitrogen and oxygen atoms in total. The van der Waals surface area contributed by atoms with Gasteiger partial charge in [0.05, 0.1) is 0 Å². The van der Waals surface area contributed by atoms with Crippen LogP contribution in [0.25, 0.3) is 0 Å². The standard InChI is InChI=1S/C6H6NO2S.ClH.Hg/c7-10(8,9)6-4-2-1-3-5-6;;/h2-5H,(H2,7,8,9);1H;/q;;+1/p-1. The van der Waals surface area contributed by atoms with Crippen LogP contribution < -0.4 is 8.21 Å². The molecule has 0 saturated carbocycles. The molecule has 0 spiro atoms. The minimum absolute atomic E-state index is 0.143. The predicted octanol–water partition coefficient (Wildman–Crippen LogP) is 0.196. The molecular weight excluding hydrogens is 386 g/mol. The van der Waals surface area contributed by atoms with E-state index in [4.69, 9.17) is 13.4 Å². The van der Waals surface area contributed by atoms with E-state index in [0.29, 0.717) is 0 Å². The van der Waals surface area contributed by atoms with Crippen LogP contribution in [-0.2, 0) is 33.4 Å². The van der Waals surface area contributed by atoms with Crippen molar-refractivity contribution in [2.45, 2.75) is 4.90 Å². The van der Waals surface area contributed by atoms with Gasteiger partial charge < -0.3 is 0 Å². The van der Waals surface area contributed by atoms with Crippen molar-refractivity contribution < 1.29 is 31.8 Å². The van der Waals surface area contributed by atoms with E-state index in [1.54, 1.807) is 12.1 Å². The molecule has 1 aromatic rings. The molecule has 0 aliphatic rings. The summed E-state index contributed by atoms with van der Waals surface area (Å²) >= 11 is -1.39. The Labute approximate surface area is 86.8 Å². The first-order chi connectivity index (χ1) is 5.54. The molecule has 12 heavy (non-hydrogen) atoms. The molecule has 62 valence electrons. The summed E-state index contributed by atoms with van der Waals surface area (Å²) in [6.07, 6.45) is 0. The summed E-state index contributed by atoms with van der Waals surface area (Å²) in [5.74, 6) is 0. The van der Waals surface area contributed by atoms with Crippen molar-refractivity contribution in [3.8, 4) is 0 Å². The van der Waals surface area contributed by atoms with Crippen molar-refractivity contribution in [2.24, 2.45) is 5.14 Å². The van der Waals surface area contributed by atoms with Crippen molar-refractivity contribution in [1.82, 2.24) is 0 Å². The van der Waals surface area contributed by atoms with Gasteiger partial charge in [0.15, 0.2) is 0 Å². The molecule has 0 bridgehead atoms. The van der Waals surface area contributed by atoms with Crippen LogP contribution in [0.5, 0.6) is 0 Å². The maximum atomic E-state index is 10.8. The van der Waals surface area contributed by atoms with Crippen molar-refractivity contribution >= 4 is 21.3 Å². The van der Waals surface area contributed by atoms with Crippen LogP contribution in [0, 0.1) is 0 Å². The van der Waals surface area contributed by atoms with Gasteiger partial charge in [0.25, 0.3) is 0 Å². The Kier molecular flexibility index (Phi) is 3.52. The first kappa shape index (κ1) is 10.4. The number of nitrogens with two attached hydrogens (primary N) is 1. The van der Waals surface area contributed by atoms with E-state index in [9.17, 15) is 8.42 Å². The van der Waals surface area contributed by atoms with Gasteiger partial charge in [-0.1, -0.05) is 0 Å². The molecule has 0 saturated heterocycles. The monoisotopic (exact) mass is 393 g/mol. The van der Waals surface area contributed by atoms with Crippen LogP contribution in [-0.4, -0.2) is 8.42 Å². The number of sulfonamides is 1. The Balaban J connectivity index is 3.09. The Hall–Kier alpha value is 0.355. The molecule has 0 fully saturated rings. The zero-order valence-electron chi connectivity index (χ0n) is 6.20. The van der Waals surface area contributed by atoms with Crippen LogP contribution in [0.1, 0.15) is 0 Å². The summed E-state index contributed by atoms with van der Waals surface area (Å²) in [6, 6.07) is 6.45. The summed E-state index contributed by atoms with van der Waals surface area (Å²) in [7, 11) is 2.19. The Morgan fingerprint density at radius 3 is 2.08 bits per heavy atom. The molecule has 0 aromatic heterocycles. The molecule has 0 unspecified atom stereocenters. The Bertz CT molecular complexity index is 362. The molecule has 0 atom stereocenters. The molecule has 0 amide bonds. The fraction of sp³-hybridized carbons (Fsp3) is 0. The van der Waals surface area contributed by atoms with Gasteiger partial charge in [0, 0.05) is 0 Å².